The zero-order valence-electron chi connectivity index (χ0n) is 6.76. The largest absolute Gasteiger partial charge is 0.354 e. The van der Waals surface area contributed by atoms with Crippen LogP contribution in [0.1, 0.15) is 18.2 Å². The maximum absolute atomic E-state index is 2.17. The molecule has 1 nitrogen and oxygen atoms in total. The monoisotopic (exact) mass is 135 g/mol. The van der Waals surface area contributed by atoms with E-state index in [2.05, 4.69) is 43.0 Å². The van der Waals surface area contributed by atoms with Gasteiger partial charge >= 0.3 is 0 Å². The Hall–Kier alpha value is -0.980. The van der Waals surface area contributed by atoms with Crippen LogP contribution < -0.4 is 0 Å². The second-order valence-corrected chi connectivity index (χ2v) is 2.53. The van der Waals surface area contributed by atoms with Crippen molar-refractivity contribution in [3.8, 4) is 0 Å². The fourth-order valence-electron chi connectivity index (χ4n) is 0.989. The van der Waals surface area contributed by atoms with E-state index in [-0.39, 0.29) is 0 Å². The third-order valence-corrected chi connectivity index (χ3v) is 1.63. The summed E-state index contributed by atoms with van der Waals surface area (Å²) < 4.78 is 2.12. The summed E-state index contributed by atoms with van der Waals surface area (Å²) in [6.45, 7) is 4.13. The lowest BCUT2D eigenvalue weighted by Crippen LogP contribution is -1.85. The first kappa shape index (κ1) is 7.13. The van der Waals surface area contributed by atoms with Crippen LogP contribution in [-0.4, -0.2) is 4.57 Å². The Bertz CT molecular complexity index is 224. The highest BCUT2D eigenvalue weighted by atomic mass is 14.9. The first-order valence-corrected chi connectivity index (χ1v) is 3.49. The van der Waals surface area contributed by atoms with Gasteiger partial charge in [-0.3, -0.25) is 0 Å². The number of allylic oxidation sites excluding steroid dienone is 1. The summed E-state index contributed by atoms with van der Waals surface area (Å²) in [6.07, 6.45) is 6.27. The average molecular weight is 135 g/mol. The Morgan fingerprint density at radius 3 is 2.60 bits per heavy atom. The molecular formula is C9H13N. The van der Waals surface area contributed by atoms with Crippen molar-refractivity contribution >= 4 is 6.08 Å². The van der Waals surface area contributed by atoms with Crippen molar-refractivity contribution in [1.29, 1.82) is 0 Å². The second-order valence-electron chi connectivity index (χ2n) is 2.53. The molecule has 1 aromatic rings. The third kappa shape index (κ3) is 1.29. The minimum atomic E-state index is 1.28. The molecule has 0 bridgehead atoms. The predicted octanol–water partition coefficient (Wildman–Crippen LogP) is 2.37. The maximum atomic E-state index is 2.17. The van der Waals surface area contributed by atoms with Gasteiger partial charge in [0, 0.05) is 18.9 Å². The summed E-state index contributed by atoms with van der Waals surface area (Å²) in [5.41, 5.74) is 2.58. The van der Waals surface area contributed by atoms with Gasteiger partial charge in [-0.15, -0.1) is 0 Å². The molecular weight excluding hydrogens is 122 g/mol. The van der Waals surface area contributed by atoms with E-state index in [1.54, 1.807) is 0 Å². The Balaban J connectivity index is 2.98. The van der Waals surface area contributed by atoms with Gasteiger partial charge in [0.25, 0.3) is 0 Å². The van der Waals surface area contributed by atoms with Crippen molar-refractivity contribution in [2.75, 3.05) is 0 Å². The van der Waals surface area contributed by atoms with Crippen LogP contribution in [0.5, 0.6) is 0 Å². The van der Waals surface area contributed by atoms with E-state index in [9.17, 15) is 0 Å². The highest BCUT2D eigenvalue weighted by Crippen LogP contribution is 2.06. The molecule has 54 valence electrons. The second kappa shape index (κ2) is 2.74. The lowest BCUT2D eigenvalue weighted by molar-refractivity contribution is 0.882. The Kier molecular flexibility index (Phi) is 1.95. The van der Waals surface area contributed by atoms with Crippen LogP contribution in [0, 0.1) is 6.92 Å². The molecule has 0 fully saturated rings. The van der Waals surface area contributed by atoms with Gasteiger partial charge in [0.2, 0.25) is 0 Å². The molecule has 1 heterocycles. The summed E-state index contributed by atoms with van der Waals surface area (Å²) >= 11 is 0. The molecule has 0 spiro atoms. The van der Waals surface area contributed by atoms with Crippen molar-refractivity contribution in [2.24, 2.45) is 7.05 Å². The predicted molar refractivity (Wildman–Crippen MR) is 44.9 cm³/mol. The molecule has 0 aliphatic heterocycles. The summed E-state index contributed by atoms with van der Waals surface area (Å²) in [5.74, 6) is 0. The van der Waals surface area contributed by atoms with E-state index in [1.807, 2.05) is 6.92 Å². The Morgan fingerprint density at radius 1 is 1.50 bits per heavy atom. The highest BCUT2D eigenvalue weighted by Gasteiger charge is 1.92. The van der Waals surface area contributed by atoms with E-state index in [1.165, 1.54) is 11.3 Å². The van der Waals surface area contributed by atoms with Gasteiger partial charge < -0.3 is 4.57 Å². The minimum Gasteiger partial charge on any atom is -0.354 e. The molecule has 1 rings (SSSR count). The van der Waals surface area contributed by atoms with Gasteiger partial charge in [-0.1, -0.05) is 12.2 Å². The summed E-state index contributed by atoms with van der Waals surface area (Å²) in [7, 11) is 2.06. The lowest BCUT2D eigenvalue weighted by Gasteiger charge is -1.89. The summed E-state index contributed by atoms with van der Waals surface area (Å²) in [6, 6.07) is 2.17. The zero-order valence-corrected chi connectivity index (χ0v) is 6.76. The van der Waals surface area contributed by atoms with Crippen LogP contribution in [-0.2, 0) is 7.05 Å². The molecule has 1 heteroatoms. The van der Waals surface area contributed by atoms with E-state index in [4.69, 9.17) is 0 Å². The van der Waals surface area contributed by atoms with Crippen LogP contribution in [0.2, 0.25) is 0 Å². The van der Waals surface area contributed by atoms with Gasteiger partial charge in [0.1, 0.15) is 0 Å². The van der Waals surface area contributed by atoms with Gasteiger partial charge in [0.05, 0.1) is 0 Å². The molecule has 0 aliphatic carbocycles. The highest BCUT2D eigenvalue weighted by molar-refractivity contribution is 5.48. The number of aryl methyl sites for hydroxylation is 2. The molecule has 0 atom stereocenters. The van der Waals surface area contributed by atoms with Crippen LogP contribution >= 0.6 is 0 Å². The van der Waals surface area contributed by atoms with E-state index < -0.39 is 0 Å². The fraction of sp³-hybridized carbons (Fsp3) is 0.333. The van der Waals surface area contributed by atoms with Crippen LogP contribution in [0.4, 0.5) is 0 Å². The summed E-state index contributed by atoms with van der Waals surface area (Å²) in [4.78, 5) is 0. The normalized spacial score (nSPS) is 11.1. The van der Waals surface area contributed by atoms with Crippen LogP contribution in [0.25, 0.3) is 6.08 Å². The smallest absolute Gasteiger partial charge is 0.0146 e. The zero-order chi connectivity index (χ0) is 7.56. The number of rotatable bonds is 1. The molecule has 10 heavy (non-hydrogen) atoms. The molecule has 0 radical (unpaired) electrons. The average Bonchev–Trinajstić information content (AvgIpc) is 2.14. The van der Waals surface area contributed by atoms with Crippen LogP contribution in [0.15, 0.2) is 18.3 Å². The van der Waals surface area contributed by atoms with Gasteiger partial charge in [-0.2, -0.15) is 0 Å². The first-order valence-electron chi connectivity index (χ1n) is 3.49. The number of nitrogens with zero attached hydrogens (tertiary/aromatic N) is 1. The summed E-state index contributed by atoms with van der Waals surface area (Å²) in [5, 5.41) is 0. The molecule has 0 aromatic carbocycles. The third-order valence-electron chi connectivity index (χ3n) is 1.63. The fourth-order valence-corrected chi connectivity index (χ4v) is 0.989. The maximum Gasteiger partial charge on any atom is 0.0146 e. The van der Waals surface area contributed by atoms with Crippen molar-refractivity contribution in [3.63, 3.8) is 0 Å². The van der Waals surface area contributed by atoms with Crippen molar-refractivity contribution < 1.29 is 0 Å². The molecule has 0 aliphatic rings. The van der Waals surface area contributed by atoms with E-state index >= 15 is 0 Å². The lowest BCUT2D eigenvalue weighted by atomic mass is 10.3. The first-order chi connectivity index (χ1) is 4.74. The quantitative estimate of drug-likeness (QED) is 0.557. The minimum absolute atomic E-state index is 1.28. The van der Waals surface area contributed by atoms with Gasteiger partial charge in [-0.25, -0.2) is 0 Å². The van der Waals surface area contributed by atoms with Crippen molar-refractivity contribution in [3.05, 3.63) is 29.6 Å². The van der Waals surface area contributed by atoms with Gasteiger partial charge in [-0.05, 0) is 25.5 Å². The molecule has 0 saturated carbocycles. The number of hydrogen-bond acceptors (Lipinski definition) is 0. The van der Waals surface area contributed by atoms with Crippen molar-refractivity contribution in [2.45, 2.75) is 13.8 Å². The molecule has 1 aromatic heterocycles. The Morgan fingerprint density at radius 2 is 2.20 bits per heavy atom. The van der Waals surface area contributed by atoms with E-state index in [0.717, 1.165) is 0 Å². The standard InChI is InChI=1S/C9H13N/c1-4-5-9-6-8(2)10(3)7-9/h4-7H,1-3H3/b5-4+. The number of hydrogen-bond donors (Lipinski definition) is 0. The van der Waals surface area contributed by atoms with E-state index in [0.29, 0.717) is 0 Å². The topological polar surface area (TPSA) is 4.93 Å². The number of aromatic nitrogens is 1. The molecule has 0 unspecified atom stereocenters. The van der Waals surface area contributed by atoms with Gasteiger partial charge in [0.15, 0.2) is 0 Å². The molecule has 0 saturated heterocycles. The Labute approximate surface area is 62.0 Å². The van der Waals surface area contributed by atoms with Crippen molar-refractivity contribution in [1.82, 2.24) is 4.57 Å². The molecule has 0 N–H and O–H groups in total. The molecule has 0 amide bonds. The van der Waals surface area contributed by atoms with Crippen LogP contribution in [0.3, 0.4) is 0 Å². The SMILES string of the molecule is C/C=C/c1cc(C)n(C)c1.